The van der Waals surface area contributed by atoms with E-state index in [4.69, 9.17) is 21.9 Å². The second-order valence-corrected chi connectivity index (χ2v) is 7.77. The monoisotopic (exact) mass is 470 g/mol. The van der Waals surface area contributed by atoms with Crippen LogP contribution in [0.4, 0.5) is 14.6 Å². The van der Waals surface area contributed by atoms with Crippen LogP contribution in [-0.4, -0.2) is 31.7 Å². The zero-order chi connectivity index (χ0) is 24.7. The van der Waals surface area contributed by atoms with Gasteiger partial charge in [0.1, 0.15) is 29.3 Å². The minimum absolute atomic E-state index is 0.0346. The molecule has 0 unspecified atom stereocenters. The van der Waals surface area contributed by atoms with Crippen molar-refractivity contribution in [3.8, 4) is 16.8 Å². The lowest BCUT2D eigenvalue weighted by molar-refractivity contribution is 0.631. The van der Waals surface area contributed by atoms with E-state index in [2.05, 4.69) is 15.0 Å². The topological polar surface area (TPSA) is 132 Å². The van der Waals surface area contributed by atoms with Crippen molar-refractivity contribution in [3.05, 3.63) is 77.9 Å². The summed E-state index contributed by atoms with van der Waals surface area (Å²) < 4.78 is 31.8. The first-order chi connectivity index (χ1) is 16.9. The number of anilines is 1. The molecule has 174 valence electrons. The van der Waals surface area contributed by atoms with E-state index in [-0.39, 0.29) is 17.2 Å². The van der Waals surface area contributed by atoms with E-state index in [1.807, 2.05) is 11.5 Å². The van der Waals surface area contributed by atoms with Crippen LogP contribution in [0.5, 0.6) is 0 Å². The largest absolute Gasteiger partial charge is 0.383 e. The summed E-state index contributed by atoms with van der Waals surface area (Å²) in [5.74, 6) is -0.680. The number of amidine groups is 1. The number of hydrogen-bond donors (Lipinski definition) is 3. The quantitative estimate of drug-likeness (QED) is 0.259. The van der Waals surface area contributed by atoms with Crippen LogP contribution in [0.15, 0.2) is 59.9 Å². The molecule has 0 atom stereocenters. The number of halogens is 2. The molecule has 0 aliphatic carbocycles. The number of nitrogens with zero attached hydrogens (tertiary/aromatic N) is 5. The second-order valence-electron chi connectivity index (χ2n) is 7.77. The van der Waals surface area contributed by atoms with E-state index < -0.39 is 11.6 Å². The maximum Gasteiger partial charge on any atom is 0.173 e. The van der Waals surface area contributed by atoms with Crippen molar-refractivity contribution in [1.29, 1.82) is 5.41 Å². The first-order valence-corrected chi connectivity index (χ1v) is 10.8. The number of nitrogen functional groups attached to an aromatic ring is 1. The summed E-state index contributed by atoms with van der Waals surface area (Å²) in [6.45, 7) is 1.93. The molecule has 0 saturated heterocycles. The molecule has 3 aromatic heterocycles. The smallest absolute Gasteiger partial charge is 0.173 e. The number of nitrogens with two attached hydrogens (primary N) is 2. The Bertz CT molecular complexity index is 1650. The lowest BCUT2D eigenvalue weighted by atomic mass is 10.0. The Kier molecular flexibility index (Phi) is 5.40. The van der Waals surface area contributed by atoms with Gasteiger partial charge >= 0.3 is 0 Å². The molecule has 5 rings (SSSR count). The van der Waals surface area contributed by atoms with Gasteiger partial charge in [-0.15, -0.1) is 0 Å². The van der Waals surface area contributed by atoms with E-state index in [0.29, 0.717) is 51.0 Å². The molecule has 10 heteroatoms. The highest BCUT2D eigenvalue weighted by Crippen LogP contribution is 2.34. The average Bonchev–Trinajstić information content (AvgIpc) is 3.23. The Hall–Kier alpha value is -4.73. The van der Waals surface area contributed by atoms with Gasteiger partial charge in [0.15, 0.2) is 11.6 Å². The summed E-state index contributed by atoms with van der Waals surface area (Å²) in [7, 11) is 0. The van der Waals surface area contributed by atoms with E-state index in [1.165, 1.54) is 18.3 Å². The number of hydrogen-bond acceptors (Lipinski definition) is 5. The lowest BCUT2D eigenvalue weighted by Gasteiger charge is -2.14. The maximum absolute atomic E-state index is 15.0. The molecule has 0 amide bonds. The number of rotatable bonds is 5. The fourth-order valence-electron chi connectivity index (χ4n) is 4.24. The predicted octanol–water partition coefficient (Wildman–Crippen LogP) is 4.37. The van der Waals surface area contributed by atoms with Crippen LogP contribution in [0, 0.1) is 17.0 Å². The zero-order valence-electron chi connectivity index (χ0n) is 18.6. The van der Waals surface area contributed by atoms with Crippen molar-refractivity contribution in [3.63, 3.8) is 0 Å². The summed E-state index contributed by atoms with van der Waals surface area (Å²) in [6, 6.07) is 11.3. The molecule has 0 bridgehead atoms. The molecule has 3 heterocycles. The Balaban J connectivity index is 1.94. The SMILES string of the molecule is CCc1nc2c(C(N)=NC=N)cc(-c3ccnc(N)c3F)cc2n1-c1ccnc2cccc(F)c12. The molecule has 5 N–H and O–H groups in total. The molecule has 0 spiro atoms. The van der Waals surface area contributed by atoms with Gasteiger partial charge < -0.3 is 11.5 Å². The predicted molar refractivity (Wildman–Crippen MR) is 133 cm³/mol. The molecule has 0 aliphatic rings. The maximum atomic E-state index is 15.0. The molecule has 0 saturated carbocycles. The second kappa shape index (κ2) is 8.56. The fourth-order valence-corrected chi connectivity index (χ4v) is 4.24. The minimum atomic E-state index is -0.678. The molecule has 0 radical (unpaired) electrons. The van der Waals surface area contributed by atoms with Crippen LogP contribution >= 0.6 is 0 Å². The lowest BCUT2D eigenvalue weighted by Crippen LogP contribution is -2.14. The molecule has 2 aromatic carbocycles. The molecule has 0 fully saturated rings. The molecule has 0 aliphatic heterocycles. The van der Waals surface area contributed by atoms with Crippen LogP contribution in [0.25, 0.3) is 38.8 Å². The highest BCUT2D eigenvalue weighted by atomic mass is 19.1. The van der Waals surface area contributed by atoms with E-state index in [0.717, 1.165) is 6.34 Å². The number of imidazole rings is 1. The van der Waals surface area contributed by atoms with E-state index >= 15 is 4.39 Å². The van der Waals surface area contributed by atoms with Crippen molar-refractivity contribution in [2.75, 3.05) is 5.73 Å². The number of benzene rings is 2. The Morgan fingerprint density at radius 2 is 1.94 bits per heavy atom. The number of fused-ring (bicyclic) bond motifs is 2. The highest BCUT2D eigenvalue weighted by Gasteiger charge is 2.21. The fraction of sp³-hybridized carbons (Fsp3) is 0.0800. The van der Waals surface area contributed by atoms with Crippen molar-refractivity contribution in [2.24, 2.45) is 10.7 Å². The van der Waals surface area contributed by atoms with Gasteiger partial charge in [-0.1, -0.05) is 13.0 Å². The highest BCUT2D eigenvalue weighted by molar-refractivity contribution is 6.11. The van der Waals surface area contributed by atoms with Gasteiger partial charge in [-0.25, -0.2) is 23.7 Å². The first kappa shape index (κ1) is 22.1. The third kappa shape index (κ3) is 3.55. The van der Waals surface area contributed by atoms with Crippen LogP contribution in [0.3, 0.4) is 0 Å². The number of aromatic nitrogens is 4. The number of aliphatic imine (C=N–C) groups is 1. The van der Waals surface area contributed by atoms with Crippen LogP contribution < -0.4 is 11.5 Å². The zero-order valence-corrected chi connectivity index (χ0v) is 18.6. The van der Waals surface area contributed by atoms with Crippen LogP contribution in [-0.2, 0) is 6.42 Å². The van der Waals surface area contributed by atoms with Gasteiger partial charge in [-0.3, -0.25) is 15.0 Å². The Labute approximate surface area is 198 Å². The van der Waals surface area contributed by atoms with E-state index in [9.17, 15) is 4.39 Å². The summed E-state index contributed by atoms with van der Waals surface area (Å²) in [4.78, 5) is 16.8. The first-order valence-electron chi connectivity index (χ1n) is 10.8. The van der Waals surface area contributed by atoms with Gasteiger partial charge in [0.05, 0.1) is 22.1 Å². The van der Waals surface area contributed by atoms with Crippen LogP contribution in [0.1, 0.15) is 18.3 Å². The Morgan fingerprint density at radius 1 is 1.14 bits per heavy atom. The van der Waals surface area contributed by atoms with Crippen molar-refractivity contribution < 1.29 is 8.78 Å². The van der Waals surface area contributed by atoms with Gasteiger partial charge in [-0.2, -0.15) is 0 Å². The number of pyridine rings is 2. The number of aryl methyl sites for hydroxylation is 1. The standard InChI is InChI=1S/C25H20F2N8/c1-2-20-34-23-15(24(29)33-12-28)10-13(14-6-8-32-25(30)22(14)27)11-19(23)35(20)18-7-9-31-17-5-3-4-16(26)21(17)18/h3-12H,2H2,1H3,(H2,30,32)(H3,28,29,33). The molecular formula is C25H20F2N8. The van der Waals surface area contributed by atoms with Gasteiger partial charge in [0, 0.05) is 29.9 Å². The van der Waals surface area contributed by atoms with E-state index in [1.54, 1.807) is 36.5 Å². The summed E-state index contributed by atoms with van der Waals surface area (Å²) in [5.41, 5.74) is 15.0. The Morgan fingerprint density at radius 3 is 2.71 bits per heavy atom. The van der Waals surface area contributed by atoms with Gasteiger partial charge in [-0.05, 0) is 42.0 Å². The molecular weight excluding hydrogens is 450 g/mol. The molecule has 35 heavy (non-hydrogen) atoms. The summed E-state index contributed by atoms with van der Waals surface area (Å²) in [5, 5.41) is 7.68. The minimum Gasteiger partial charge on any atom is -0.383 e. The normalized spacial score (nSPS) is 11.9. The molecule has 8 nitrogen and oxygen atoms in total. The van der Waals surface area contributed by atoms with Crippen molar-refractivity contribution >= 4 is 39.9 Å². The molecule has 5 aromatic rings. The van der Waals surface area contributed by atoms with Gasteiger partial charge in [0.2, 0.25) is 0 Å². The van der Waals surface area contributed by atoms with Gasteiger partial charge in [0.25, 0.3) is 0 Å². The third-order valence-corrected chi connectivity index (χ3v) is 5.79. The van der Waals surface area contributed by atoms with Crippen molar-refractivity contribution in [1.82, 2.24) is 19.5 Å². The number of nitrogens with one attached hydrogen (secondary N) is 1. The summed E-state index contributed by atoms with van der Waals surface area (Å²) in [6.07, 6.45) is 4.34. The van der Waals surface area contributed by atoms with Crippen molar-refractivity contribution in [2.45, 2.75) is 13.3 Å². The summed E-state index contributed by atoms with van der Waals surface area (Å²) >= 11 is 0. The average molecular weight is 470 g/mol. The van der Waals surface area contributed by atoms with Crippen LogP contribution in [0.2, 0.25) is 0 Å². The third-order valence-electron chi connectivity index (χ3n) is 5.79.